The molecule has 0 aliphatic carbocycles. The number of hydrogen-bond donors (Lipinski definition) is 1. The van der Waals surface area contributed by atoms with Gasteiger partial charge in [-0.1, -0.05) is 41.7 Å². The summed E-state index contributed by atoms with van der Waals surface area (Å²) in [6.07, 6.45) is -4.39. The van der Waals surface area contributed by atoms with Crippen molar-refractivity contribution in [1.82, 2.24) is 4.98 Å². The lowest BCUT2D eigenvalue weighted by Gasteiger charge is -2.32. The highest BCUT2D eigenvalue weighted by Crippen LogP contribution is 2.43. The van der Waals surface area contributed by atoms with Crippen LogP contribution in [-0.2, 0) is 0 Å². The molecule has 3 rings (SSSR count). The molecule has 2 heterocycles. The van der Waals surface area contributed by atoms with E-state index in [0.717, 1.165) is 28.0 Å². The fourth-order valence-electron chi connectivity index (χ4n) is 2.21. The standard InChI is InChI=1S/C14H12F3N3OS/c1-9-11(10-5-3-2-4-6-10)19-12(22-9)20-13(21,7-8-18-20)14(15,16)17/h2-6,8,21H,7H2,1H3. The number of benzene rings is 1. The highest BCUT2D eigenvalue weighted by molar-refractivity contribution is 7.16. The van der Waals surface area contributed by atoms with E-state index in [1.165, 1.54) is 0 Å². The second-order valence-corrected chi connectivity index (χ2v) is 6.08. The zero-order valence-electron chi connectivity index (χ0n) is 11.5. The summed E-state index contributed by atoms with van der Waals surface area (Å²) in [6.45, 7) is 1.77. The van der Waals surface area contributed by atoms with Crippen LogP contribution in [0.2, 0.25) is 0 Å². The predicted octanol–water partition coefficient (Wildman–Crippen LogP) is 3.57. The predicted molar refractivity (Wildman–Crippen MR) is 78.9 cm³/mol. The van der Waals surface area contributed by atoms with Crippen molar-refractivity contribution in [1.29, 1.82) is 0 Å². The van der Waals surface area contributed by atoms with Gasteiger partial charge in [0.05, 0.1) is 5.69 Å². The Kier molecular flexibility index (Phi) is 3.45. The van der Waals surface area contributed by atoms with Gasteiger partial charge in [-0.05, 0) is 6.92 Å². The lowest BCUT2D eigenvalue weighted by molar-refractivity contribution is -0.254. The summed E-state index contributed by atoms with van der Waals surface area (Å²) < 4.78 is 39.3. The highest BCUT2D eigenvalue weighted by Gasteiger charge is 2.60. The number of aryl methyl sites for hydroxylation is 1. The quantitative estimate of drug-likeness (QED) is 0.917. The first kappa shape index (κ1) is 15.0. The van der Waals surface area contributed by atoms with Crippen LogP contribution in [0, 0.1) is 6.92 Å². The summed E-state index contributed by atoms with van der Waals surface area (Å²) in [5.41, 5.74) is -1.64. The molecule has 1 atom stereocenters. The van der Waals surface area contributed by atoms with E-state index in [2.05, 4.69) is 10.1 Å². The number of anilines is 1. The Morgan fingerprint density at radius 2 is 1.95 bits per heavy atom. The lowest BCUT2D eigenvalue weighted by Crippen LogP contribution is -2.54. The van der Waals surface area contributed by atoms with Crippen LogP contribution in [0.4, 0.5) is 18.3 Å². The van der Waals surface area contributed by atoms with Crippen LogP contribution >= 0.6 is 11.3 Å². The van der Waals surface area contributed by atoms with E-state index in [9.17, 15) is 18.3 Å². The summed E-state index contributed by atoms with van der Waals surface area (Å²) in [5, 5.41) is 14.2. The van der Waals surface area contributed by atoms with Gasteiger partial charge < -0.3 is 5.11 Å². The van der Waals surface area contributed by atoms with Crippen molar-refractivity contribution in [3.8, 4) is 11.3 Å². The molecule has 0 fully saturated rings. The molecule has 2 aromatic rings. The molecule has 1 unspecified atom stereocenters. The molecule has 1 aromatic carbocycles. The zero-order valence-corrected chi connectivity index (χ0v) is 12.3. The molecule has 0 bridgehead atoms. The van der Waals surface area contributed by atoms with Gasteiger partial charge in [-0.15, -0.1) is 0 Å². The van der Waals surface area contributed by atoms with Crippen molar-refractivity contribution in [2.75, 3.05) is 5.01 Å². The van der Waals surface area contributed by atoms with E-state index in [1.54, 1.807) is 6.92 Å². The minimum absolute atomic E-state index is 0.0185. The van der Waals surface area contributed by atoms with Gasteiger partial charge in [0, 0.05) is 23.1 Å². The van der Waals surface area contributed by atoms with Crippen LogP contribution in [0.15, 0.2) is 35.4 Å². The Morgan fingerprint density at radius 1 is 1.27 bits per heavy atom. The molecule has 1 aromatic heterocycles. The molecular weight excluding hydrogens is 315 g/mol. The van der Waals surface area contributed by atoms with Gasteiger partial charge in [-0.2, -0.15) is 23.3 Å². The number of nitrogens with zero attached hydrogens (tertiary/aromatic N) is 3. The summed E-state index contributed by atoms with van der Waals surface area (Å²) in [6, 6.07) is 9.16. The van der Waals surface area contributed by atoms with Gasteiger partial charge in [0.1, 0.15) is 0 Å². The maximum atomic E-state index is 13.1. The van der Waals surface area contributed by atoms with Crippen molar-refractivity contribution in [2.24, 2.45) is 5.10 Å². The van der Waals surface area contributed by atoms with E-state index < -0.39 is 18.3 Å². The Morgan fingerprint density at radius 3 is 2.59 bits per heavy atom. The third kappa shape index (κ3) is 2.28. The minimum Gasteiger partial charge on any atom is -0.362 e. The molecule has 0 amide bonds. The molecular formula is C14H12F3N3OS. The number of aromatic nitrogens is 1. The van der Waals surface area contributed by atoms with Gasteiger partial charge >= 0.3 is 6.18 Å². The molecule has 4 nitrogen and oxygen atoms in total. The highest BCUT2D eigenvalue weighted by atomic mass is 32.1. The lowest BCUT2D eigenvalue weighted by atomic mass is 10.1. The van der Waals surface area contributed by atoms with Gasteiger partial charge in [-0.25, -0.2) is 4.98 Å². The number of thiazole rings is 1. The molecule has 1 aliphatic rings. The van der Waals surface area contributed by atoms with Crippen LogP contribution in [0.5, 0.6) is 0 Å². The van der Waals surface area contributed by atoms with E-state index in [4.69, 9.17) is 0 Å². The summed E-state index contributed by atoms with van der Waals surface area (Å²) in [4.78, 5) is 5.00. The largest absolute Gasteiger partial charge is 0.438 e. The second-order valence-electron chi connectivity index (χ2n) is 4.90. The Balaban J connectivity index is 2.02. The Labute approximate surface area is 128 Å². The fraction of sp³-hybridized carbons (Fsp3) is 0.286. The number of rotatable bonds is 2. The molecule has 8 heteroatoms. The molecule has 0 saturated carbocycles. The second kappa shape index (κ2) is 5.06. The van der Waals surface area contributed by atoms with Crippen LogP contribution in [0.3, 0.4) is 0 Å². The van der Waals surface area contributed by atoms with E-state index in [-0.39, 0.29) is 5.13 Å². The van der Waals surface area contributed by atoms with Gasteiger partial charge in [-0.3, -0.25) is 0 Å². The Bertz CT molecular complexity index is 714. The van der Waals surface area contributed by atoms with Gasteiger partial charge in [0.25, 0.3) is 5.72 Å². The smallest absolute Gasteiger partial charge is 0.362 e. The minimum atomic E-state index is -4.82. The van der Waals surface area contributed by atoms with Crippen molar-refractivity contribution in [2.45, 2.75) is 25.2 Å². The Hall–Kier alpha value is -1.93. The monoisotopic (exact) mass is 327 g/mol. The van der Waals surface area contributed by atoms with Crippen LogP contribution in [0.25, 0.3) is 11.3 Å². The van der Waals surface area contributed by atoms with E-state index in [1.807, 2.05) is 30.3 Å². The van der Waals surface area contributed by atoms with Crippen molar-refractivity contribution in [3.63, 3.8) is 0 Å². The average molecular weight is 327 g/mol. The topological polar surface area (TPSA) is 48.7 Å². The first-order chi connectivity index (χ1) is 10.3. The maximum absolute atomic E-state index is 13.1. The van der Waals surface area contributed by atoms with Crippen molar-refractivity contribution in [3.05, 3.63) is 35.2 Å². The maximum Gasteiger partial charge on any atom is 0.438 e. The van der Waals surface area contributed by atoms with Crippen LogP contribution in [0.1, 0.15) is 11.3 Å². The molecule has 1 N–H and O–H groups in total. The number of aliphatic hydroxyl groups is 1. The molecule has 0 saturated heterocycles. The average Bonchev–Trinajstić information content (AvgIpc) is 3.03. The number of hydrazone groups is 1. The summed E-state index contributed by atoms with van der Waals surface area (Å²) in [7, 11) is 0. The van der Waals surface area contributed by atoms with Crippen LogP contribution in [-0.4, -0.2) is 28.2 Å². The van der Waals surface area contributed by atoms with E-state index >= 15 is 0 Å². The fourth-order valence-corrected chi connectivity index (χ4v) is 3.17. The third-order valence-corrected chi connectivity index (χ3v) is 4.34. The van der Waals surface area contributed by atoms with Crippen molar-refractivity contribution < 1.29 is 18.3 Å². The van der Waals surface area contributed by atoms with Gasteiger partial charge in [0.15, 0.2) is 0 Å². The SMILES string of the molecule is Cc1sc(N2N=CCC2(O)C(F)(F)F)nc1-c1ccccc1. The first-order valence-electron chi connectivity index (χ1n) is 6.47. The number of alkyl halides is 3. The number of halogens is 3. The first-order valence-corrected chi connectivity index (χ1v) is 7.29. The van der Waals surface area contributed by atoms with E-state index in [0.29, 0.717) is 10.7 Å². The third-order valence-electron chi connectivity index (χ3n) is 3.39. The van der Waals surface area contributed by atoms with Gasteiger partial charge in [0.2, 0.25) is 5.13 Å². The zero-order chi connectivity index (χ0) is 16.0. The summed E-state index contributed by atoms with van der Waals surface area (Å²) >= 11 is 1.07. The molecule has 0 spiro atoms. The van der Waals surface area contributed by atoms with Crippen LogP contribution < -0.4 is 5.01 Å². The summed E-state index contributed by atoms with van der Waals surface area (Å²) in [5.74, 6) is 0. The van der Waals surface area contributed by atoms with Crippen molar-refractivity contribution >= 4 is 22.7 Å². The molecule has 22 heavy (non-hydrogen) atoms. The number of hydrogen-bond acceptors (Lipinski definition) is 5. The molecule has 1 aliphatic heterocycles. The normalized spacial score (nSPS) is 21.6. The molecule has 0 radical (unpaired) electrons. The molecule has 116 valence electrons.